The summed E-state index contributed by atoms with van der Waals surface area (Å²) in [5.74, 6) is 4.00. The first-order valence-electron chi connectivity index (χ1n) is 21.4. The zero-order chi connectivity index (χ0) is 36.5. The highest BCUT2D eigenvalue weighted by Gasteiger charge is 2.34. The first-order valence-corrected chi connectivity index (χ1v) is 26.5. The van der Waals surface area contributed by atoms with Crippen LogP contribution in [-0.2, 0) is 0 Å². The highest BCUT2D eigenvalue weighted by Crippen LogP contribution is 2.42. The van der Waals surface area contributed by atoms with E-state index in [0.717, 1.165) is 48.3 Å². The van der Waals surface area contributed by atoms with Crippen LogP contribution in [0.5, 0.6) is 0 Å². The van der Waals surface area contributed by atoms with Gasteiger partial charge in [0.2, 0.25) is 5.82 Å². The van der Waals surface area contributed by atoms with Gasteiger partial charge in [0.1, 0.15) is 18.4 Å². The Bertz CT molecular complexity index is 829. The Morgan fingerprint density at radius 3 is 1.35 bits per heavy atom. The van der Waals surface area contributed by atoms with Gasteiger partial charge in [-0.3, -0.25) is 0 Å². The van der Waals surface area contributed by atoms with Crippen molar-refractivity contribution in [2.75, 3.05) is 12.3 Å². The van der Waals surface area contributed by atoms with Gasteiger partial charge in [0.25, 0.3) is 0 Å². The van der Waals surface area contributed by atoms with Gasteiger partial charge in [0.05, 0.1) is 12.3 Å². The molecule has 4 heteroatoms. The van der Waals surface area contributed by atoms with Crippen LogP contribution in [0.25, 0.3) is 0 Å². The van der Waals surface area contributed by atoms with Crippen molar-refractivity contribution in [3.8, 4) is 0 Å². The summed E-state index contributed by atoms with van der Waals surface area (Å²) >= 11 is -1.55. The van der Waals surface area contributed by atoms with Gasteiger partial charge in [-0.15, -0.1) is 0 Å². The van der Waals surface area contributed by atoms with Gasteiger partial charge in [-0.1, -0.05) is 190 Å². The second kappa shape index (κ2) is 28.6. The third kappa shape index (κ3) is 20.8. The van der Waals surface area contributed by atoms with E-state index in [2.05, 4.69) is 83.1 Å². The van der Waals surface area contributed by atoms with E-state index in [1.807, 2.05) is 0 Å². The molecule has 0 aromatic heterocycles. The predicted molar refractivity (Wildman–Crippen MR) is 223 cm³/mol. The lowest BCUT2D eigenvalue weighted by atomic mass is 9.92. The van der Waals surface area contributed by atoms with E-state index in [-0.39, 0.29) is 0 Å². The lowest BCUT2D eigenvalue weighted by Crippen LogP contribution is -2.41. The van der Waals surface area contributed by atoms with E-state index in [1.54, 1.807) is 33.3 Å². The average molecular weight is 711 g/mol. The Morgan fingerprint density at radius 2 is 0.979 bits per heavy atom. The third-order valence-electron chi connectivity index (χ3n) is 11.6. The first-order chi connectivity index (χ1) is 22.8. The van der Waals surface area contributed by atoms with E-state index in [4.69, 9.17) is 0 Å². The molecule has 0 bridgehead atoms. The van der Waals surface area contributed by atoms with Gasteiger partial charge in [0, 0.05) is 7.92 Å². The maximum Gasteiger partial charge on any atom is 0.200 e. The normalized spacial score (nSPS) is 17.4. The Kier molecular flexibility index (Phi) is 28.6. The van der Waals surface area contributed by atoms with Gasteiger partial charge in [0.15, 0.2) is 5.82 Å². The summed E-state index contributed by atoms with van der Waals surface area (Å²) in [7, 11) is -1.01. The molecule has 0 N–H and O–H groups in total. The summed E-state index contributed by atoms with van der Waals surface area (Å²) in [6.45, 7) is 28.7. The summed E-state index contributed by atoms with van der Waals surface area (Å²) in [4.78, 5) is 0. The van der Waals surface area contributed by atoms with Gasteiger partial charge in [-0.25, -0.2) is 4.39 Å². The maximum atomic E-state index is 14.1. The Labute approximate surface area is 305 Å². The van der Waals surface area contributed by atoms with E-state index in [0.29, 0.717) is 11.2 Å². The molecular weight excluding hydrogens is 624 g/mol. The molecule has 0 spiro atoms. The molecule has 1 aromatic carbocycles. The minimum Gasteiger partial charge on any atom is -0.204 e. The molecule has 0 saturated heterocycles. The smallest absolute Gasteiger partial charge is 0.200 e. The van der Waals surface area contributed by atoms with Crippen LogP contribution in [0.2, 0.25) is 21.1 Å². The molecule has 0 aliphatic carbocycles. The standard InChI is InChI=1S/C20H33F2P.4C6H13.Al/c1-5-9-17(7-3)13-12-16(4)15-23(14-6-2)19-11-8-10-18(21)20(19)22;4*1-4-5-6(2)3;/h8,10-11,16-17H,5-7,9,12-15H2,1-4H3;4*6H,2,4-5H2,1,3H3;/q;;;;;-1/p+1. The average Bonchev–Trinajstić information content (AvgIpc) is 3.01. The van der Waals surface area contributed by atoms with Crippen molar-refractivity contribution in [3.63, 3.8) is 0 Å². The van der Waals surface area contributed by atoms with Crippen LogP contribution in [0, 0.1) is 47.1 Å². The zero-order valence-electron chi connectivity index (χ0n) is 34.7. The van der Waals surface area contributed by atoms with Gasteiger partial charge >= 0.3 is 0 Å². The number of benzene rings is 1. The van der Waals surface area contributed by atoms with Crippen LogP contribution in [-0.4, -0.2) is 25.4 Å². The van der Waals surface area contributed by atoms with E-state index in [9.17, 15) is 8.78 Å². The molecule has 1 rings (SSSR count). The second-order valence-corrected chi connectivity index (χ2v) is 25.2. The quantitative estimate of drug-likeness (QED) is 0.0630. The van der Waals surface area contributed by atoms with Crippen molar-refractivity contribution >= 4 is 26.3 Å². The van der Waals surface area contributed by atoms with Gasteiger partial charge < -0.3 is 0 Å². The van der Waals surface area contributed by atoms with E-state index < -0.39 is 32.6 Å². The molecule has 0 amide bonds. The van der Waals surface area contributed by atoms with Crippen LogP contribution in [0.15, 0.2) is 18.2 Å². The van der Waals surface area contributed by atoms with Crippen LogP contribution in [0.1, 0.15) is 173 Å². The largest absolute Gasteiger partial charge is 0.204 e. The Balaban J connectivity index is 0.000000923. The molecule has 0 saturated carbocycles. The minimum absolute atomic E-state index is 0.598. The maximum absolute atomic E-state index is 14.1. The lowest BCUT2D eigenvalue weighted by molar-refractivity contribution is 0.389. The molecule has 7 atom stereocenters. The summed E-state index contributed by atoms with van der Waals surface area (Å²) in [6.07, 6.45) is 20.7. The number of halogens is 2. The third-order valence-corrected chi connectivity index (χ3v) is 22.2. The molecule has 0 nitrogen and oxygen atoms in total. The molecule has 0 heterocycles. The van der Waals surface area contributed by atoms with E-state index in [1.165, 1.54) is 89.5 Å². The van der Waals surface area contributed by atoms with Crippen molar-refractivity contribution in [1.29, 1.82) is 0 Å². The summed E-state index contributed by atoms with van der Waals surface area (Å²) in [5, 5.41) is 7.21. The van der Waals surface area contributed by atoms with Gasteiger partial charge in [-0.05, 0) is 36.8 Å². The Morgan fingerprint density at radius 1 is 0.542 bits per heavy atom. The molecule has 0 aliphatic heterocycles. The molecule has 0 fully saturated rings. The molecule has 1 aromatic rings. The van der Waals surface area contributed by atoms with Gasteiger partial charge in [-0.2, -0.15) is 25.5 Å². The van der Waals surface area contributed by atoms with E-state index >= 15 is 0 Å². The fourth-order valence-corrected chi connectivity index (χ4v) is 21.9. The summed E-state index contributed by atoms with van der Waals surface area (Å²) in [6, 6.07) is 4.69. The fourth-order valence-electron chi connectivity index (χ4n) is 9.86. The van der Waals surface area contributed by atoms with Crippen LogP contribution < -0.4 is 5.30 Å². The molecule has 7 unspecified atom stereocenters. The molecule has 0 aliphatic rings. The lowest BCUT2D eigenvalue weighted by Gasteiger charge is -2.44. The van der Waals surface area contributed by atoms with Crippen LogP contribution in [0.4, 0.5) is 8.78 Å². The molecular formula is C44H86AlF2P. The highest BCUT2D eigenvalue weighted by atomic mass is 31.1. The minimum atomic E-state index is -1.55. The fraction of sp³-hybridized carbons (Fsp3) is 0.864. The SMILES string of the molecule is CCCC(C)[CH2][Al-]([CH2]C(C)CCC)([CH2]C(C)CCC)[CH2]C(C)CCC.CCCC(CC)CCC(C)C[PH+](CCC)c1cccc(F)c1F. The number of rotatable bonds is 27. The highest BCUT2D eigenvalue weighted by molar-refractivity contribution is 7.65. The van der Waals surface area contributed by atoms with Crippen LogP contribution >= 0.6 is 7.92 Å². The molecule has 284 valence electrons. The number of hydrogen-bond acceptors (Lipinski definition) is 0. The van der Waals surface area contributed by atoms with Crippen molar-refractivity contribution < 1.29 is 8.78 Å². The Hall–Kier alpha value is 0.0425. The summed E-state index contributed by atoms with van der Waals surface area (Å²) in [5.41, 5.74) is 0. The topological polar surface area (TPSA) is 0 Å². The van der Waals surface area contributed by atoms with Crippen LogP contribution in [0.3, 0.4) is 0 Å². The second-order valence-electron chi connectivity index (χ2n) is 17.2. The predicted octanol–water partition coefficient (Wildman–Crippen LogP) is 15.6. The molecule has 48 heavy (non-hydrogen) atoms. The monoisotopic (exact) mass is 711 g/mol. The molecule has 0 radical (unpaired) electrons. The first kappa shape index (κ1) is 48.0. The number of hydrogen-bond donors (Lipinski definition) is 0. The summed E-state index contributed by atoms with van der Waals surface area (Å²) < 4.78 is 27.7. The zero-order valence-corrected chi connectivity index (χ0v) is 36.8. The van der Waals surface area contributed by atoms with Crippen molar-refractivity contribution in [2.24, 2.45) is 35.5 Å². The van der Waals surface area contributed by atoms with Crippen molar-refractivity contribution in [2.45, 2.75) is 194 Å². The van der Waals surface area contributed by atoms with Crippen molar-refractivity contribution in [1.82, 2.24) is 0 Å². The van der Waals surface area contributed by atoms with Crippen molar-refractivity contribution in [3.05, 3.63) is 29.8 Å².